The van der Waals surface area contributed by atoms with E-state index in [4.69, 9.17) is 4.74 Å². The second-order valence-corrected chi connectivity index (χ2v) is 7.48. The van der Waals surface area contributed by atoms with Crippen LogP contribution in [0.1, 0.15) is 20.8 Å². The first-order valence-electron chi connectivity index (χ1n) is 6.73. The van der Waals surface area contributed by atoms with E-state index in [2.05, 4.69) is 4.72 Å². The first-order chi connectivity index (χ1) is 10.2. The molecule has 0 radical (unpaired) electrons. The van der Waals surface area contributed by atoms with Crippen LogP contribution in [0.25, 0.3) is 0 Å². The van der Waals surface area contributed by atoms with Crippen LogP contribution in [-0.4, -0.2) is 14.0 Å². The summed E-state index contributed by atoms with van der Waals surface area (Å²) >= 11 is 0. The van der Waals surface area contributed by atoms with E-state index in [1.54, 1.807) is 12.1 Å². The van der Waals surface area contributed by atoms with Crippen LogP contribution >= 0.6 is 0 Å². The third-order valence-electron chi connectivity index (χ3n) is 2.65. The third kappa shape index (κ3) is 4.46. The van der Waals surface area contributed by atoms with Crippen molar-refractivity contribution in [1.82, 2.24) is 0 Å². The van der Waals surface area contributed by atoms with Gasteiger partial charge in [0, 0.05) is 5.69 Å². The average molecular weight is 323 g/mol. The zero-order chi connectivity index (χ0) is 16.4. The molecule has 0 amide bonds. The van der Waals surface area contributed by atoms with E-state index in [-0.39, 0.29) is 10.5 Å². The van der Waals surface area contributed by atoms with E-state index in [9.17, 15) is 12.8 Å². The highest BCUT2D eigenvalue weighted by Crippen LogP contribution is 2.22. The predicted molar refractivity (Wildman–Crippen MR) is 84.0 cm³/mol. The fourth-order valence-electron chi connectivity index (χ4n) is 1.77. The Morgan fingerprint density at radius 1 is 0.955 bits per heavy atom. The van der Waals surface area contributed by atoms with Gasteiger partial charge in [0.2, 0.25) is 0 Å². The lowest BCUT2D eigenvalue weighted by atomic mass is 10.2. The minimum Gasteiger partial charge on any atom is -0.488 e. The molecule has 0 unspecified atom stereocenters. The van der Waals surface area contributed by atoms with Crippen molar-refractivity contribution < 1.29 is 17.5 Å². The standard InChI is InChI=1S/C16H18FNO3S/c1-16(2,3)21-14-8-10-15(11-9-14)22(19,20)18-13-6-4-12(17)5-7-13/h4-11,18H,1-3H3. The van der Waals surface area contributed by atoms with Gasteiger partial charge in [-0.2, -0.15) is 0 Å². The van der Waals surface area contributed by atoms with Gasteiger partial charge in [-0.05, 0) is 69.3 Å². The molecule has 4 nitrogen and oxygen atoms in total. The Morgan fingerprint density at radius 3 is 2.00 bits per heavy atom. The van der Waals surface area contributed by atoms with Crippen molar-refractivity contribution in [2.45, 2.75) is 31.3 Å². The number of hydrogen-bond donors (Lipinski definition) is 1. The lowest BCUT2D eigenvalue weighted by Gasteiger charge is -2.21. The van der Waals surface area contributed by atoms with Crippen molar-refractivity contribution in [3.63, 3.8) is 0 Å². The highest BCUT2D eigenvalue weighted by Gasteiger charge is 2.16. The molecule has 0 aliphatic carbocycles. The van der Waals surface area contributed by atoms with Gasteiger partial charge in [0.15, 0.2) is 0 Å². The maximum atomic E-state index is 12.8. The molecule has 0 aliphatic heterocycles. The second-order valence-electron chi connectivity index (χ2n) is 5.80. The molecule has 0 aliphatic rings. The minimum atomic E-state index is -3.71. The van der Waals surface area contributed by atoms with Crippen molar-refractivity contribution in [3.05, 3.63) is 54.3 Å². The Morgan fingerprint density at radius 2 is 1.50 bits per heavy atom. The van der Waals surface area contributed by atoms with Gasteiger partial charge in [0.1, 0.15) is 17.2 Å². The molecule has 0 spiro atoms. The summed E-state index contributed by atoms with van der Waals surface area (Å²) in [6.45, 7) is 5.73. The van der Waals surface area contributed by atoms with Crippen LogP contribution < -0.4 is 9.46 Å². The van der Waals surface area contributed by atoms with Crippen LogP contribution in [0.5, 0.6) is 5.75 Å². The molecule has 0 heterocycles. The maximum absolute atomic E-state index is 12.8. The van der Waals surface area contributed by atoms with Crippen molar-refractivity contribution in [1.29, 1.82) is 0 Å². The first-order valence-corrected chi connectivity index (χ1v) is 8.21. The van der Waals surface area contributed by atoms with E-state index < -0.39 is 15.8 Å². The van der Waals surface area contributed by atoms with E-state index in [0.717, 1.165) is 0 Å². The molecular weight excluding hydrogens is 305 g/mol. The molecule has 1 N–H and O–H groups in total. The number of ether oxygens (including phenoxy) is 1. The van der Waals surface area contributed by atoms with Gasteiger partial charge in [0.05, 0.1) is 4.90 Å². The number of nitrogens with one attached hydrogen (secondary N) is 1. The summed E-state index contributed by atoms with van der Waals surface area (Å²) in [5.74, 6) is 0.167. The molecule has 0 saturated heterocycles. The number of sulfonamides is 1. The molecule has 0 bridgehead atoms. The molecule has 2 aromatic carbocycles. The highest BCUT2D eigenvalue weighted by atomic mass is 32.2. The van der Waals surface area contributed by atoms with Gasteiger partial charge in [0.25, 0.3) is 10.0 Å². The maximum Gasteiger partial charge on any atom is 0.261 e. The monoisotopic (exact) mass is 323 g/mol. The van der Waals surface area contributed by atoms with Gasteiger partial charge in [-0.3, -0.25) is 4.72 Å². The molecule has 6 heteroatoms. The smallest absolute Gasteiger partial charge is 0.261 e. The van der Waals surface area contributed by atoms with Gasteiger partial charge in [-0.15, -0.1) is 0 Å². The van der Waals surface area contributed by atoms with Crippen molar-refractivity contribution >= 4 is 15.7 Å². The fourth-order valence-corrected chi connectivity index (χ4v) is 2.83. The second kappa shape index (κ2) is 5.96. The van der Waals surface area contributed by atoms with Crippen LogP contribution in [0.3, 0.4) is 0 Å². The SMILES string of the molecule is CC(C)(C)Oc1ccc(S(=O)(=O)Nc2ccc(F)cc2)cc1. The van der Waals surface area contributed by atoms with Crippen LogP contribution in [-0.2, 0) is 10.0 Å². The molecule has 0 saturated carbocycles. The van der Waals surface area contributed by atoms with Crippen LogP contribution in [0.4, 0.5) is 10.1 Å². The summed E-state index contributed by atoms with van der Waals surface area (Å²) in [6, 6.07) is 11.2. The lowest BCUT2D eigenvalue weighted by Crippen LogP contribution is -2.23. The summed E-state index contributed by atoms with van der Waals surface area (Å²) in [4.78, 5) is 0.109. The molecule has 0 aromatic heterocycles. The Labute approximate surface area is 130 Å². The summed E-state index contributed by atoms with van der Waals surface area (Å²) in [7, 11) is -3.71. The zero-order valence-corrected chi connectivity index (χ0v) is 13.4. The van der Waals surface area contributed by atoms with E-state index in [1.807, 2.05) is 20.8 Å². The summed E-state index contributed by atoms with van der Waals surface area (Å²) in [5, 5.41) is 0. The topological polar surface area (TPSA) is 55.4 Å². The number of anilines is 1. The van der Waals surface area contributed by atoms with Crippen LogP contribution in [0, 0.1) is 5.82 Å². The van der Waals surface area contributed by atoms with Crippen LogP contribution in [0.2, 0.25) is 0 Å². The molecule has 2 rings (SSSR count). The fraction of sp³-hybridized carbons (Fsp3) is 0.250. The summed E-state index contributed by atoms with van der Waals surface area (Å²) < 4.78 is 45.3. The zero-order valence-electron chi connectivity index (χ0n) is 12.6. The number of rotatable bonds is 4. The van der Waals surface area contributed by atoms with Crippen molar-refractivity contribution in [2.75, 3.05) is 4.72 Å². The molecule has 0 fully saturated rings. The van der Waals surface area contributed by atoms with Crippen molar-refractivity contribution in [3.8, 4) is 5.75 Å². The van der Waals surface area contributed by atoms with Crippen molar-refractivity contribution in [2.24, 2.45) is 0 Å². The largest absolute Gasteiger partial charge is 0.488 e. The Bertz CT molecular complexity index is 732. The predicted octanol–water partition coefficient (Wildman–Crippen LogP) is 3.80. The van der Waals surface area contributed by atoms with Gasteiger partial charge >= 0.3 is 0 Å². The normalized spacial score (nSPS) is 12.0. The number of halogens is 1. The minimum absolute atomic E-state index is 0.109. The number of benzene rings is 2. The lowest BCUT2D eigenvalue weighted by molar-refractivity contribution is 0.131. The molecule has 118 valence electrons. The molecule has 0 atom stereocenters. The highest BCUT2D eigenvalue weighted by molar-refractivity contribution is 7.92. The number of hydrogen-bond acceptors (Lipinski definition) is 3. The van der Waals surface area contributed by atoms with Gasteiger partial charge in [-0.1, -0.05) is 0 Å². The molecule has 22 heavy (non-hydrogen) atoms. The van der Waals surface area contributed by atoms with Gasteiger partial charge in [-0.25, -0.2) is 12.8 Å². The first kappa shape index (κ1) is 16.3. The Balaban J connectivity index is 2.17. The van der Waals surface area contributed by atoms with Gasteiger partial charge < -0.3 is 4.74 Å². The quantitative estimate of drug-likeness (QED) is 0.931. The summed E-state index contributed by atoms with van der Waals surface area (Å²) in [5.41, 5.74) is -0.0522. The molecular formula is C16H18FNO3S. The van der Waals surface area contributed by atoms with E-state index in [1.165, 1.54) is 36.4 Å². The Hall–Kier alpha value is -2.08. The van der Waals surface area contributed by atoms with Crippen LogP contribution in [0.15, 0.2) is 53.4 Å². The average Bonchev–Trinajstić information content (AvgIpc) is 2.40. The van der Waals surface area contributed by atoms with E-state index >= 15 is 0 Å². The summed E-state index contributed by atoms with van der Waals surface area (Å²) in [6.07, 6.45) is 0. The van der Waals surface area contributed by atoms with E-state index in [0.29, 0.717) is 11.4 Å². The third-order valence-corrected chi connectivity index (χ3v) is 4.05. The molecule has 2 aromatic rings. The Kier molecular flexibility index (Phi) is 4.42.